The molecule has 2 rings (SSSR count). The highest BCUT2D eigenvalue weighted by molar-refractivity contribution is 6.31. The van der Waals surface area contributed by atoms with Crippen LogP contribution in [0.5, 0.6) is 0 Å². The van der Waals surface area contributed by atoms with Gasteiger partial charge in [-0.3, -0.25) is 0 Å². The maximum Gasteiger partial charge on any atom is 0.149 e. The summed E-state index contributed by atoms with van der Waals surface area (Å²) in [5.74, 6) is -0.491. The summed E-state index contributed by atoms with van der Waals surface area (Å²) in [6.45, 7) is 1.89. The van der Waals surface area contributed by atoms with E-state index in [4.69, 9.17) is 16.9 Å². The van der Waals surface area contributed by atoms with E-state index in [1.54, 1.807) is 24.3 Å². The second-order valence-electron chi connectivity index (χ2n) is 3.76. The van der Waals surface area contributed by atoms with Crippen molar-refractivity contribution in [2.45, 2.75) is 6.92 Å². The Labute approximate surface area is 104 Å². The lowest BCUT2D eigenvalue weighted by Gasteiger charge is -2.07. The molecule has 0 aliphatic heterocycles. The van der Waals surface area contributed by atoms with Crippen molar-refractivity contribution in [2.75, 3.05) is 0 Å². The van der Waals surface area contributed by atoms with Gasteiger partial charge in [0.05, 0.1) is 16.7 Å². The molecule has 3 heteroatoms. The Morgan fingerprint density at radius 2 is 1.94 bits per heavy atom. The van der Waals surface area contributed by atoms with Crippen LogP contribution in [-0.2, 0) is 0 Å². The van der Waals surface area contributed by atoms with E-state index in [9.17, 15) is 4.39 Å². The molecule has 2 aromatic carbocycles. The van der Waals surface area contributed by atoms with E-state index in [0.717, 1.165) is 5.56 Å². The summed E-state index contributed by atoms with van der Waals surface area (Å²) in [6, 6.07) is 12.2. The second-order valence-corrected chi connectivity index (χ2v) is 4.17. The van der Waals surface area contributed by atoms with Crippen molar-refractivity contribution >= 4 is 11.6 Å². The fraction of sp³-hybridized carbons (Fsp3) is 0.0714. The Hall–Kier alpha value is -1.85. The molecule has 0 spiro atoms. The summed E-state index contributed by atoms with van der Waals surface area (Å²) in [5.41, 5.74) is 2.34. The first-order chi connectivity index (χ1) is 8.13. The predicted molar refractivity (Wildman–Crippen MR) is 66.3 cm³/mol. The number of rotatable bonds is 1. The van der Waals surface area contributed by atoms with Gasteiger partial charge in [-0.05, 0) is 24.6 Å². The summed E-state index contributed by atoms with van der Waals surface area (Å²) < 4.78 is 13.9. The van der Waals surface area contributed by atoms with Gasteiger partial charge in [-0.2, -0.15) is 5.26 Å². The maximum atomic E-state index is 13.9. The predicted octanol–water partition coefficient (Wildman–Crippen LogP) is 4.33. The monoisotopic (exact) mass is 245 g/mol. The van der Waals surface area contributed by atoms with Crippen molar-refractivity contribution in [2.24, 2.45) is 0 Å². The molecule has 17 heavy (non-hydrogen) atoms. The number of hydrogen-bond acceptors (Lipinski definition) is 1. The van der Waals surface area contributed by atoms with Crippen LogP contribution in [0.3, 0.4) is 0 Å². The Morgan fingerprint density at radius 3 is 2.65 bits per heavy atom. The zero-order chi connectivity index (χ0) is 12.4. The molecular formula is C14H9ClFN. The smallest absolute Gasteiger partial charge is 0.149 e. The van der Waals surface area contributed by atoms with Crippen molar-refractivity contribution < 1.29 is 4.39 Å². The van der Waals surface area contributed by atoms with E-state index in [1.807, 2.05) is 13.0 Å². The third-order valence-electron chi connectivity index (χ3n) is 2.54. The number of nitrogens with zero attached hydrogens (tertiary/aromatic N) is 1. The zero-order valence-corrected chi connectivity index (χ0v) is 9.92. The molecule has 0 unspecified atom stereocenters. The Morgan fingerprint density at radius 1 is 1.18 bits per heavy atom. The van der Waals surface area contributed by atoms with Crippen molar-refractivity contribution in [3.05, 3.63) is 58.4 Å². The van der Waals surface area contributed by atoms with E-state index >= 15 is 0 Å². The molecule has 0 atom stereocenters. The molecule has 0 N–H and O–H groups in total. The second kappa shape index (κ2) is 4.57. The maximum absolute atomic E-state index is 13.9. The third kappa shape index (κ3) is 2.15. The van der Waals surface area contributed by atoms with E-state index < -0.39 is 5.82 Å². The molecule has 2 aromatic rings. The van der Waals surface area contributed by atoms with Crippen LogP contribution >= 0.6 is 11.6 Å². The van der Waals surface area contributed by atoms with Crippen molar-refractivity contribution in [3.63, 3.8) is 0 Å². The first-order valence-electron chi connectivity index (χ1n) is 5.08. The van der Waals surface area contributed by atoms with Gasteiger partial charge in [0.2, 0.25) is 0 Å². The standard InChI is InChI=1S/C14H9ClFN/c1-9-5-6-11(10(7-9)8-17)12-3-2-4-13(15)14(12)16/h2-7H,1H3. The third-order valence-corrected chi connectivity index (χ3v) is 2.83. The van der Waals surface area contributed by atoms with Crippen LogP contribution in [0.25, 0.3) is 11.1 Å². The molecule has 0 radical (unpaired) electrons. The average molecular weight is 246 g/mol. The minimum atomic E-state index is -0.491. The van der Waals surface area contributed by atoms with Crippen LogP contribution in [0.1, 0.15) is 11.1 Å². The van der Waals surface area contributed by atoms with E-state index in [1.165, 1.54) is 6.07 Å². The van der Waals surface area contributed by atoms with Crippen LogP contribution in [0.2, 0.25) is 5.02 Å². The summed E-state index contributed by atoms with van der Waals surface area (Å²) in [6.07, 6.45) is 0. The highest BCUT2D eigenvalue weighted by Gasteiger charge is 2.12. The molecular weight excluding hydrogens is 237 g/mol. The largest absolute Gasteiger partial charge is 0.205 e. The molecule has 0 bridgehead atoms. The van der Waals surface area contributed by atoms with Crippen LogP contribution < -0.4 is 0 Å². The van der Waals surface area contributed by atoms with Crippen molar-refractivity contribution in [1.29, 1.82) is 5.26 Å². The first-order valence-corrected chi connectivity index (χ1v) is 5.46. The lowest BCUT2D eigenvalue weighted by Crippen LogP contribution is -1.90. The molecule has 0 saturated heterocycles. The number of nitriles is 1. The SMILES string of the molecule is Cc1ccc(-c2cccc(Cl)c2F)c(C#N)c1. The summed E-state index contributed by atoms with van der Waals surface area (Å²) in [4.78, 5) is 0. The molecule has 84 valence electrons. The zero-order valence-electron chi connectivity index (χ0n) is 9.17. The fourth-order valence-corrected chi connectivity index (χ4v) is 1.87. The molecule has 0 heterocycles. The molecule has 0 aliphatic carbocycles. The minimum Gasteiger partial charge on any atom is -0.205 e. The van der Waals surface area contributed by atoms with Gasteiger partial charge in [0.25, 0.3) is 0 Å². The molecule has 0 amide bonds. The Balaban J connectivity index is 2.69. The number of benzene rings is 2. The first kappa shape index (κ1) is 11.6. The molecule has 1 nitrogen and oxygen atoms in total. The Kier molecular flexibility index (Phi) is 3.12. The van der Waals surface area contributed by atoms with E-state index in [0.29, 0.717) is 16.7 Å². The van der Waals surface area contributed by atoms with Gasteiger partial charge in [-0.25, -0.2) is 4.39 Å². The fourth-order valence-electron chi connectivity index (χ4n) is 1.70. The van der Waals surface area contributed by atoms with Crippen LogP contribution in [-0.4, -0.2) is 0 Å². The normalized spacial score (nSPS) is 10.0. The molecule has 0 aliphatic rings. The van der Waals surface area contributed by atoms with E-state index in [-0.39, 0.29) is 5.02 Å². The molecule has 0 aromatic heterocycles. The average Bonchev–Trinajstić information content (AvgIpc) is 2.33. The molecule has 0 fully saturated rings. The van der Waals surface area contributed by atoms with Crippen LogP contribution in [0.15, 0.2) is 36.4 Å². The summed E-state index contributed by atoms with van der Waals surface area (Å²) in [7, 11) is 0. The van der Waals surface area contributed by atoms with Gasteiger partial charge in [0.1, 0.15) is 5.82 Å². The quantitative estimate of drug-likeness (QED) is 0.734. The summed E-state index contributed by atoms with van der Waals surface area (Å²) >= 11 is 5.73. The van der Waals surface area contributed by atoms with Gasteiger partial charge in [0.15, 0.2) is 0 Å². The highest BCUT2D eigenvalue weighted by atomic mass is 35.5. The van der Waals surface area contributed by atoms with Gasteiger partial charge in [-0.1, -0.05) is 35.9 Å². The highest BCUT2D eigenvalue weighted by Crippen LogP contribution is 2.30. The van der Waals surface area contributed by atoms with Crippen molar-refractivity contribution in [1.82, 2.24) is 0 Å². The van der Waals surface area contributed by atoms with Gasteiger partial charge in [-0.15, -0.1) is 0 Å². The van der Waals surface area contributed by atoms with Gasteiger partial charge >= 0.3 is 0 Å². The van der Waals surface area contributed by atoms with Gasteiger partial charge < -0.3 is 0 Å². The minimum absolute atomic E-state index is 0.0620. The molecule has 0 saturated carbocycles. The topological polar surface area (TPSA) is 23.8 Å². The summed E-state index contributed by atoms with van der Waals surface area (Å²) in [5, 5.41) is 9.12. The van der Waals surface area contributed by atoms with Gasteiger partial charge in [0, 0.05) is 11.1 Å². The lowest BCUT2D eigenvalue weighted by atomic mass is 9.98. The number of halogens is 2. The van der Waals surface area contributed by atoms with Crippen LogP contribution in [0.4, 0.5) is 4.39 Å². The Bertz CT molecular complexity index is 614. The van der Waals surface area contributed by atoms with E-state index in [2.05, 4.69) is 6.07 Å². The number of hydrogen-bond donors (Lipinski definition) is 0. The van der Waals surface area contributed by atoms with Crippen LogP contribution in [0, 0.1) is 24.1 Å². The number of aryl methyl sites for hydroxylation is 1. The van der Waals surface area contributed by atoms with Crippen molar-refractivity contribution in [3.8, 4) is 17.2 Å². The lowest BCUT2D eigenvalue weighted by molar-refractivity contribution is 0.631.